The summed E-state index contributed by atoms with van der Waals surface area (Å²) in [6.07, 6.45) is 6.21. The fourth-order valence-electron chi connectivity index (χ4n) is 3.57. The summed E-state index contributed by atoms with van der Waals surface area (Å²) in [5, 5.41) is 0. The number of pyridine rings is 1. The van der Waals surface area contributed by atoms with Crippen LogP contribution < -0.4 is 11.3 Å². The van der Waals surface area contributed by atoms with E-state index in [4.69, 9.17) is 5.73 Å². The van der Waals surface area contributed by atoms with Crippen molar-refractivity contribution in [3.8, 4) is 0 Å². The molecule has 0 spiro atoms. The molecule has 18 heavy (non-hydrogen) atoms. The Morgan fingerprint density at radius 3 is 2.94 bits per heavy atom. The molecule has 2 atom stereocenters. The highest BCUT2D eigenvalue weighted by molar-refractivity contribution is 5.50. The van der Waals surface area contributed by atoms with Crippen molar-refractivity contribution in [1.29, 1.82) is 0 Å². The summed E-state index contributed by atoms with van der Waals surface area (Å²) in [6, 6.07) is 3.45. The molecule has 0 amide bonds. The smallest absolute Gasteiger partial charge is 0.248 e. The molecule has 0 saturated heterocycles. The molecule has 2 aliphatic carbocycles. The molecule has 0 saturated carbocycles. The van der Waals surface area contributed by atoms with E-state index in [2.05, 4.69) is 31.0 Å². The maximum absolute atomic E-state index is 11.5. The third-order valence-electron chi connectivity index (χ3n) is 4.17. The Morgan fingerprint density at radius 1 is 1.44 bits per heavy atom. The van der Waals surface area contributed by atoms with Crippen LogP contribution in [0.4, 0.5) is 0 Å². The Kier molecular flexibility index (Phi) is 2.35. The third-order valence-corrected chi connectivity index (χ3v) is 4.17. The van der Waals surface area contributed by atoms with Crippen LogP contribution in [-0.2, 0) is 12.0 Å². The van der Waals surface area contributed by atoms with E-state index in [0.29, 0.717) is 5.92 Å². The monoisotopic (exact) mass is 242 g/mol. The molecule has 2 bridgehead atoms. The van der Waals surface area contributed by atoms with Gasteiger partial charge in [-0.25, -0.2) is 0 Å². The molecular weight excluding hydrogens is 224 g/mol. The fourth-order valence-corrected chi connectivity index (χ4v) is 3.57. The zero-order valence-corrected chi connectivity index (χ0v) is 10.8. The molecule has 2 aliphatic rings. The van der Waals surface area contributed by atoms with Crippen LogP contribution in [0.1, 0.15) is 31.5 Å². The van der Waals surface area contributed by atoms with E-state index >= 15 is 0 Å². The van der Waals surface area contributed by atoms with Crippen molar-refractivity contribution in [2.45, 2.75) is 32.2 Å². The maximum Gasteiger partial charge on any atom is 0.248 e. The predicted octanol–water partition coefficient (Wildman–Crippen LogP) is 2.00. The summed E-state index contributed by atoms with van der Waals surface area (Å²) in [7, 11) is 0. The number of allylic oxidation sites excluding steroid dienone is 2. The van der Waals surface area contributed by atoms with E-state index in [-0.39, 0.29) is 5.56 Å². The summed E-state index contributed by atoms with van der Waals surface area (Å²) >= 11 is 0. The number of nitrogens with two attached hydrogens (primary N) is 1. The van der Waals surface area contributed by atoms with E-state index in [1.54, 1.807) is 6.07 Å². The lowest BCUT2D eigenvalue weighted by atomic mass is 9.64. The molecule has 0 fully saturated rings. The second kappa shape index (κ2) is 3.69. The van der Waals surface area contributed by atoms with Gasteiger partial charge < -0.3 is 10.7 Å². The highest BCUT2D eigenvalue weighted by Gasteiger charge is 2.42. The number of fused-ring (bicyclic) bond motifs is 4. The van der Waals surface area contributed by atoms with E-state index in [1.165, 1.54) is 11.1 Å². The number of aromatic nitrogens is 1. The molecule has 1 aromatic heterocycles. The molecule has 0 aliphatic heterocycles. The Labute approximate surface area is 106 Å². The van der Waals surface area contributed by atoms with Crippen molar-refractivity contribution >= 4 is 0 Å². The lowest BCUT2D eigenvalue weighted by Gasteiger charge is -2.44. The quantitative estimate of drug-likeness (QED) is 0.684. The van der Waals surface area contributed by atoms with Gasteiger partial charge in [-0.3, -0.25) is 4.79 Å². The number of nitrogens with one attached hydrogen (secondary N) is 1. The second-order valence-corrected chi connectivity index (χ2v) is 5.42. The van der Waals surface area contributed by atoms with Gasteiger partial charge in [0.1, 0.15) is 0 Å². The number of H-pyrrole nitrogens is 1. The van der Waals surface area contributed by atoms with E-state index in [0.717, 1.165) is 24.1 Å². The SMILES string of the molecule is CC=C1C2CC(C)=CC1(N)c1ccc(=O)[nH]c1C2. The fraction of sp³-hybridized carbons (Fsp3) is 0.400. The lowest BCUT2D eigenvalue weighted by Crippen LogP contribution is -2.47. The van der Waals surface area contributed by atoms with E-state index < -0.39 is 5.54 Å². The first-order chi connectivity index (χ1) is 8.54. The molecule has 1 heterocycles. The Morgan fingerprint density at radius 2 is 2.22 bits per heavy atom. The Hall–Kier alpha value is -1.61. The van der Waals surface area contributed by atoms with Crippen molar-refractivity contribution in [3.63, 3.8) is 0 Å². The van der Waals surface area contributed by atoms with Gasteiger partial charge >= 0.3 is 0 Å². The molecule has 3 nitrogen and oxygen atoms in total. The molecule has 94 valence electrons. The van der Waals surface area contributed by atoms with Gasteiger partial charge in [0.2, 0.25) is 5.56 Å². The second-order valence-electron chi connectivity index (χ2n) is 5.42. The normalized spacial score (nSPS) is 32.1. The van der Waals surface area contributed by atoms with E-state index in [1.807, 2.05) is 6.07 Å². The zero-order chi connectivity index (χ0) is 12.9. The van der Waals surface area contributed by atoms with Crippen LogP contribution in [0.5, 0.6) is 0 Å². The standard InChI is InChI=1S/C15H18N2O/c1-3-11-10-6-9(2)8-15(11,16)12-4-5-14(18)17-13(12)7-10/h3-5,8,10H,6-7,16H2,1-2H3,(H,17,18). The van der Waals surface area contributed by atoms with Crippen molar-refractivity contribution in [3.05, 3.63) is 57.0 Å². The summed E-state index contributed by atoms with van der Waals surface area (Å²) < 4.78 is 0. The largest absolute Gasteiger partial charge is 0.326 e. The summed E-state index contributed by atoms with van der Waals surface area (Å²) in [5.74, 6) is 0.426. The zero-order valence-electron chi connectivity index (χ0n) is 10.8. The molecule has 3 rings (SSSR count). The average Bonchev–Trinajstić information content (AvgIpc) is 2.26. The van der Waals surface area contributed by atoms with Crippen LogP contribution in [0.25, 0.3) is 0 Å². The van der Waals surface area contributed by atoms with Gasteiger partial charge in [-0.05, 0) is 49.8 Å². The molecule has 3 N–H and O–H groups in total. The minimum absolute atomic E-state index is 0.0416. The Bertz CT molecular complexity index is 624. The maximum atomic E-state index is 11.5. The third kappa shape index (κ3) is 1.44. The Balaban J connectivity index is 2.31. The number of aromatic amines is 1. The minimum atomic E-state index is -0.528. The predicted molar refractivity (Wildman–Crippen MR) is 72.3 cm³/mol. The average molecular weight is 242 g/mol. The molecule has 0 aromatic carbocycles. The first-order valence-electron chi connectivity index (χ1n) is 6.41. The topological polar surface area (TPSA) is 58.9 Å². The van der Waals surface area contributed by atoms with Crippen molar-refractivity contribution in [2.75, 3.05) is 0 Å². The van der Waals surface area contributed by atoms with Gasteiger partial charge in [0.25, 0.3) is 0 Å². The molecule has 2 unspecified atom stereocenters. The molecule has 1 aromatic rings. The van der Waals surface area contributed by atoms with Crippen LogP contribution in [0.2, 0.25) is 0 Å². The van der Waals surface area contributed by atoms with Crippen LogP contribution in [0, 0.1) is 5.92 Å². The molecule has 0 radical (unpaired) electrons. The summed E-state index contributed by atoms with van der Waals surface area (Å²) in [4.78, 5) is 14.4. The van der Waals surface area contributed by atoms with Crippen LogP contribution in [0.15, 0.2) is 40.2 Å². The van der Waals surface area contributed by atoms with Gasteiger partial charge in [0.05, 0.1) is 5.54 Å². The minimum Gasteiger partial charge on any atom is -0.326 e. The number of hydrogen-bond donors (Lipinski definition) is 2. The van der Waals surface area contributed by atoms with Crippen LogP contribution in [-0.4, -0.2) is 4.98 Å². The van der Waals surface area contributed by atoms with Crippen LogP contribution in [0.3, 0.4) is 0 Å². The van der Waals surface area contributed by atoms with E-state index in [9.17, 15) is 4.79 Å². The summed E-state index contributed by atoms with van der Waals surface area (Å²) in [5.41, 5.74) is 10.7. The first-order valence-corrected chi connectivity index (χ1v) is 6.41. The van der Waals surface area contributed by atoms with Crippen molar-refractivity contribution in [1.82, 2.24) is 4.98 Å². The van der Waals surface area contributed by atoms with Gasteiger partial charge in [0, 0.05) is 11.8 Å². The molecule has 3 heteroatoms. The van der Waals surface area contributed by atoms with Gasteiger partial charge in [-0.15, -0.1) is 0 Å². The van der Waals surface area contributed by atoms with Gasteiger partial charge in [-0.1, -0.05) is 17.7 Å². The van der Waals surface area contributed by atoms with Crippen molar-refractivity contribution in [2.24, 2.45) is 11.7 Å². The highest BCUT2D eigenvalue weighted by Crippen LogP contribution is 2.46. The van der Waals surface area contributed by atoms with Gasteiger partial charge in [-0.2, -0.15) is 0 Å². The number of hydrogen-bond acceptors (Lipinski definition) is 2. The summed E-state index contributed by atoms with van der Waals surface area (Å²) in [6.45, 7) is 4.19. The lowest BCUT2D eigenvalue weighted by molar-refractivity contribution is 0.430. The van der Waals surface area contributed by atoms with Crippen molar-refractivity contribution < 1.29 is 0 Å². The molecular formula is C15H18N2O. The number of rotatable bonds is 0. The van der Waals surface area contributed by atoms with Gasteiger partial charge in [0.15, 0.2) is 0 Å². The van der Waals surface area contributed by atoms with Crippen LogP contribution >= 0.6 is 0 Å². The highest BCUT2D eigenvalue weighted by atomic mass is 16.1. The first kappa shape index (κ1) is 11.5.